The number of carbonyl (C=O) groups is 1. The quantitative estimate of drug-likeness (QED) is 0.712. The van der Waals surface area contributed by atoms with E-state index in [9.17, 15) is 13.2 Å². The first kappa shape index (κ1) is 11.9. The van der Waals surface area contributed by atoms with Crippen LogP contribution < -0.4 is 0 Å². The summed E-state index contributed by atoms with van der Waals surface area (Å²) in [5.74, 6) is -1.12. The van der Waals surface area contributed by atoms with Crippen LogP contribution in [0.4, 0.5) is 0 Å². The van der Waals surface area contributed by atoms with Crippen molar-refractivity contribution in [3.05, 3.63) is 0 Å². The first-order valence-corrected chi connectivity index (χ1v) is 7.28. The van der Waals surface area contributed by atoms with Crippen LogP contribution in [0.3, 0.4) is 0 Å². The van der Waals surface area contributed by atoms with Crippen LogP contribution in [0, 0.1) is 11.8 Å². The van der Waals surface area contributed by atoms with Gasteiger partial charge < -0.3 is 5.11 Å². The van der Waals surface area contributed by atoms with Crippen LogP contribution in [0.5, 0.6) is 0 Å². The molecular weight excluding hydrogens is 230 g/mol. The molecule has 0 heterocycles. The van der Waals surface area contributed by atoms with E-state index in [1.807, 2.05) is 0 Å². The van der Waals surface area contributed by atoms with Crippen molar-refractivity contribution in [2.45, 2.75) is 25.7 Å². The smallest absolute Gasteiger partial charge is 0.320 e. The van der Waals surface area contributed by atoms with Crippen molar-refractivity contribution in [3.63, 3.8) is 0 Å². The van der Waals surface area contributed by atoms with Crippen molar-refractivity contribution in [1.82, 2.24) is 4.31 Å². The van der Waals surface area contributed by atoms with Gasteiger partial charge in [-0.25, -0.2) is 12.7 Å². The van der Waals surface area contributed by atoms with Gasteiger partial charge in [-0.1, -0.05) is 0 Å². The van der Waals surface area contributed by atoms with Crippen LogP contribution in [0.1, 0.15) is 25.7 Å². The van der Waals surface area contributed by atoms with E-state index in [4.69, 9.17) is 5.11 Å². The molecule has 2 aliphatic rings. The fourth-order valence-electron chi connectivity index (χ4n) is 1.73. The standard InChI is InChI=1S/C10H17NO4S/c12-10(13)7-16(14,15)11(5-8-1-2-8)6-9-3-4-9/h8-9H,1-7H2,(H,12,13). The largest absolute Gasteiger partial charge is 0.480 e. The van der Waals surface area contributed by atoms with Crippen LogP contribution in [-0.2, 0) is 14.8 Å². The molecular formula is C10H17NO4S. The summed E-state index contributed by atoms with van der Waals surface area (Å²) < 4.78 is 25.0. The lowest BCUT2D eigenvalue weighted by molar-refractivity contribution is -0.134. The highest BCUT2D eigenvalue weighted by Gasteiger charge is 2.35. The minimum atomic E-state index is -3.60. The number of rotatable bonds is 7. The van der Waals surface area contributed by atoms with Gasteiger partial charge in [-0.05, 0) is 37.5 Å². The van der Waals surface area contributed by atoms with E-state index in [1.54, 1.807) is 0 Å². The van der Waals surface area contributed by atoms with Crippen molar-refractivity contribution in [3.8, 4) is 0 Å². The van der Waals surface area contributed by atoms with Gasteiger partial charge in [-0.3, -0.25) is 4.79 Å². The minimum absolute atomic E-state index is 0.460. The van der Waals surface area contributed by atoms with E-state index in [0.717, 1.165) is 25.7 Å². The molecule has 0 saturated heterocycles. The third kappa shape index (κ3) is 3.45. The molecule has 0 spiro atoms. The van der Waals surface area contributed by atoms with E-state index in [2.05, 4.69) is 0 Å². The molecule has 0 radical (unpaired) electrons. The fraction of sp³-hybridized carbons (Fsp3) is 0.900. The van der Waals surface area contributed by atoms with Crippen LogP contribution in [0.15, 0.2) is 0 Å². The molecule has 2 saturated carbocycles. The summed E-state index contributed by atoms with van der Waals surface area (Å²) in [6.45, 7) is 1.04. The zero-order chi connectivity index (χ0) is 11.8. The molecule has 92 valence electrons. The normalized spacial score (nSPS) is 21.3. The van der Waals surface area contributed by atoms with Crippen molar-refractivity contribution >= 4 is 16.0 Å². The van der Waals surface area contributed by atoms with E-state index in [-0.39, 0.29) is 0 Å². The molecule has 2 rings (SSSR count). The molecule has 0 bridgehead atoms. The molecule has 6 heteroatoms. The molecule has 0 unspecified atom stereocenters. The summed E-state index contributed by atoms with van der Waals surface area (Å²) >= 11 is 0. The number of carboxylic acid groups (broad SMARTS) is 1. The third-order valence-corrected chi connectivity index (χ3v) is 4.71. The van der Waals surface area contributed by atoms with Crippen molar-refractivity contribution in [2.75, 3.05) is 18.8 Å². The third-order valence-electron chi connectivity index (χ3n) is 3.02. The van der Waals surface area contributed by atoms with Crippen molar-refractivity contribution < 1.29 is 18.3 Å². The minimum Gasteiger partial charge on any atom is -0.480 e. The summed E-state index contributed by atoms with van der Waals surface area (Å²) in [6.07, 6.45) is 4.29. The fourth-order valence-corrected chi connectivity index (χ4v) is 3.10. The Hall–Kier alpha value is -0.620. The molecule has 5 nitrogen and oxygen atoms in total. The molecule has 0 atom stereocenters. The van der Waals surface area contributed by atoms with Gasteiger partial charge in [0.25, 0.3) is 0 Å². The number of hydrogen-bond acceptors (Lipinski definition) is 3. The lowest BCUT2D eigenvalue weighted by Gasteiger charge is -2.20. The van der Waals surface area contributed by atoms with Crippen LogP contribution in [0.25, 0.3) is 0 Å². The number of nitrogens with zero attached hydrogens (tertiary/aromatic N) is 1. The second kappa shape index (κ2) is 4.33. The number of hydrogen-bond donors (Lipinski definition) is 1. The zero-order valence-electron chi connectivity index (χ0n) is 9.13. The maximum atomic E-state index is 11.8. The Balaban J connectivity index is 1.99. The van der Waals surface area contributed by atoms with Gasteiger partial charge in [0.2, 0.25) is 10.0 Å². The maximum Gasteiger partial charge on any atom is 0.320 e. The van der Waals surface area contributed by atoms with Gasteiger partial charge in [0.05, 0.1) is 0 Å². The first-order chi connectivity index (χ1) is 7.47. The number of aliphatic carboxylic acids is 1. The zero-order valence-corrected chi connectivity index (χ0v) is 9.95. The Kier molecular flexibility index (Phi) is 3.21. The predicted molar refractivity (Wildman–Crippen MR) is 58.4 cm³/mol. The molecule has 1 N–H and O–H groups in total. The van der Waals surface area contributed by atoms with Gasteiger partial charge >= 0.3 is 5.97 Å². The summed E-state index contributed by atoms with van der Waals surface area (Å²) in [6, 6.07) is 0. The molecule has 0 amide bonds. The van der Waals surface area contributed by atoms with Gasteiger partial charge in [-0.15, -0.1) is 0 Å². The maximum absolute atomic E-state index is 11.8. The summed E-state index contributed by atoms with van der Waals surface area (Å²) in [4.78, 5) is 10.5. The average Bonchev–Trinajstić information content (AvgIpc) is 2.93. The molecule has 2 fully saturated rings. The van der Waals surface area contributed by atoms with E-state index in [0.29, 0.717) is 24.9 Å². The highest BCUT2D eigenvalue weighted by Crippen LogP contribution is 2.34. The summed E-state index contributed by atoms with van der Waals surface area (Å²) in [5, 5.41) is 8.59. The van der Waals surface area contributed by atoms with Crippen LogP contribution >= 0.6 is 0 Å². The van der Waals surface area contributed by atoms with Crippen molar-refractivity contribution in [2.24, 2.45) is 11.8 Å². The van der Waals surface area contributed by atoms with Crippen LogP contribution in [-0.4, -0.2) is 42.6 Å². The first-order valence-electron chi connectivity index (χ1n) is 5.67. The molecule has 16 heavy (non-hydrogen) atoms. The molecule has 2 aliphatic carbocycles. The Bertz CT molecular complexity index is 356. The lowest BCUT2D eigenvalue weighted by Crippen LogP contribution is -2.38. The molecule has 0 aliphatic heterocycles. The summed E-state index contributed by atoms with van der Waals surface area (Å²) in [5.41, 5.74) is 0. The Morgan fingerprint density at radius 3 is 1.88 bits per heavy atom. The SMILES string of the molecule is O=C(O)CS(=O)(=O)N(CC1CC1)CC1CC1. The average molecular weight is 247 g/mol. The number of carboxylic acids is 1. The Morgan fingerprint density at radius 2 is 1.56 bits per heavy atom. The monoisotopic (exact) mass is 247 g/mol. The Morgan fingerprint density at radius 1 is 1.12 bits per heavy atom. The van der Waals surface area contributed by atoms with Gasteiger partial charge in [0, 0.05) is 13.1 Å². The van der Waals surface area contributed by atoms with E-state index < -0.39 is 21.7 Å². The molecule has 0 aromatic rings. The second-order valence-corrected chi connectivity index (χ2v) is 6.82. The van der Waals surface area contributed by atoms with Crippen molar-refractivity contribution in [1.29, 1.82) is 0 Å². The lowest BCUT2D eigenvalue weighted by atomic mass is 10.4. The van der Waals surface area contributed by atoms with Gasteiger partial charge in [-0.2, -0.15) is 0 Å². The van der Waals surface area contributed by atoms with E-state index >= 15 is 0 Å². The molecule has 0 aromatic heterocycles. The summed E-state index contributed by atoms with van der Waals surface area (Å²) in [7, 11) is -3.60. The van der Waals surface area contributed by atoms with Crippen LogP contribution in [0.2, 0.25) is 0 Å². The number of sulfonamides is 1. The highest BCUT2D eigenvalue weighted by molar-refractivity contribution is 7.89. The van der Waals surface area contributed by atoms with Gasteiger partial charge in [0.15, 0.2) is 5.75 Å². The predicted octanol–water partition coefficient (Wildman–Crippen LogP) is 0.523. The second-order valence-electron chi connectivity index (χ2n) is 4.85. The van der Waals surface area contributed by atoms with E-state index in [1.165, 1.54) is 4.31 Å². The highest BCUT2D eigenvalue weighted by atomic mass is 32.2. The van der Waals surface area contributed by atoms with Gasteiger partial charge in [0.1, 0.15) is 0 Å². The topological polar surface area (TPSA) is 74.7 Å². The molecule has 0 aromatic carbocycles. The Labute approximate surface area is 95.5 Å².